The molecule has 0 spiro atoms. The summed E-state index contributed by atoms with van der Waals surface area (Å²) in [7, 11) is -1.68. The first-order chi connectivity index (χ1) is 7.22. The number of halogens is 2. The maximum Gasteiger partial charge on any atom is 0.166 e. The Labute approximate surface area is 94.6 Å². The first-order valence-corrected chi connectivity index (χ1v) is 8.28. The molecule has 0 atom stereocenters. The lowest BCUT2D eigenvalue weighted by Gasteiger charge is -2.06. The highest BCUT2D eigenvalue weighted by Gasteiger charge is 2.14. The van der Waals surface area contributed by atoms with E-state index in [0.717, 1.165) is 6.07 Å². The van der Waals surface area contributed by atoms with Crippen molar-refractivity contribution < 1.29 is 8.78 Å². The second-order valence-electron chi connectivity index (χ2n) is 4.55. The van der Waals surface area contributed by atoms with Gasteiger partial charge < -0.3 is 11.5 Å². The Morgan fingerprint density at radius 2 is 1.75 bits per heavy atom. The SMILES string of the molecule is C[Si](C)(C)C#Cc1c(F)cc(N)c(N)c1F. The van der Waals surface area contributed by atoms with Crippen molar-refractivity contribution in [1.82, 2.24) is 0 Å². The van der Waals surface area contributed by atoms with Gasteiger partial charge in [0, 0.05) is 6.07 Å². The Bertz CT molecular complexity index is 481. The first kappa shape index (κ1) is 12.5. The zero-order valence-electron chi connectivity index (χ0n) is 9.49. The van der Waals surface area contributed by atoms with Crippen LogP contribution in [0.1, 0.15) is 5.56 Å². The van der Waals surface area contributed by atoms with E-state index < -0.39 is 19.7 Å². The minimum atomic E-state index is -1.68. The lowest BCUT2D eigenvalue weighted by atomic mass is 10.1. The van der Waals surface area contributed by atoms with E-state index in [1.807, 2.05) is 19.6 Å². The van der Waals surface area contributed by atoms with Crippen LogP contribution >= 0.6 is 0 Å². The van der Waals surface area contributed by atoms with Crippen LogP contribution in [0.5, 0.6) is 0 Å². The lowest BCUT2D eigenvalue weighted by molar-refractivity contribution is 0.581. The average molecular weight is 240 g/mol. The molecule has 4 N–H and O–H groups in total. The molecule has 0 bridgehead atoms. The third kappa shape index (κ3) is 2.73. The van der Waals surface area contributed by atoms with Crippen LogP contribution in [0, 0.1) is 23.1 Å². The molecule has 1 aromatic carbocycles. The largest absolute Gasteiger partial charge is 0.397 e. The normalized spacial score (nSPS) is 10.8. The third-order valence-corrected chi connectivity index (χ3v) is 2.73. The van der Waals surface area contributed by atoms with Crippen molar-refractivity contribution in [3.05, 3.63) is 23.3 Å². The van der Waals surface area contributed by atoms with Gasteiger partial charge >= 0.3 is 0 Å². The van der Waals surface area contributed by atoms with E-state index in [2.05, 4.69) is 11.5 Å². The number of nitrogens with two attached hydrogens (primary N) is 2. The molecule has 0 saturated carbocycles. The van der Waals surface area contributed by atoms with Crippen molar-refractivity contribution in [1.29, 1.82) is 0 Å². The average Bonchev–Trinajstić information content (AvgIpc) is 2.12. The lowest BCUT2D eigenvalue weighted by Crippen LogP contribution is -2.16. The van der Waals surface area contributed by atoms with Crippen LogP contribution in [0.2, 0.25) is 19.6 Å². The highest BCUT2D eigenvalue weighted by molar-refractivity contribution is 6.83. The van der Waals surface area contributed by atoms with E-state index in [4.69, 9.17) is 11.5 Å². The Morgan fingerprint density at radius 1 is 1.19 bits per heavy atom. The second-order valence-corrected chi connectivity index (χ2v) is 9.30. The van der Waals surface area contributed by atoms with Crippen LogP contribution in [0.15, 0.2) is 6.07 Å². The Hall–Kier alpha value is -1.54. The Balaban J connectivity index is 3.34. The van der Waals surface area contributed by atoms with Gasteiger partial charge in [0.25, 0.3) is 0 Å². The molecule has 0 amide bonds. The molecule has 0 unspecified atom stereocenters. The van der Waals surface area contributed by atoms with Gasteiger partial charge in [-0.15, -0.1) is 5.54 Å². The molecule has 0 aliphatic carbocycles. The summed E-state index contributed by atoms with van der Waals surface area (Å²) < 4.78 is 27.0. The summed E-state index contributed by atoms with van der Waals surface area (Å²) >= 11 is 0. The number of anilines is 2. The number of rotatable bonds is 0. The highest BCUT2D eigenvalue weighted by Crippen LogP contribution is 2.24. The Kier molecular flexibility index (Phi) is 3.24. The fraction of sp³-hybridized carbons (Fsp3) is 0.273. The van der Waals surface area contributed by atoms with Crippen LogP contribution in [0.25, 0.3) is 0 Å². The molecule has 86 valence electrons. The summed E-state index contributed by atoms with van der Waals surface area (Å²) in [4.78, 5) is 0. The number of hydrogen-bond acceptors (Lipinski definition) is 2. The quantitative estimate of drug-likeness (QED) is 0.415. The van der Waals surface area contributed by atoms with Crippen molar-refractivity contribution in [2.24, 2.45) is 0 Å². The molecule has 0 radical (unpaired) electrons. The van der Waals surface area contributed by atoms with Gasteiger partial charge in [-0.05, 0) is 0 Å². The topological polar surface area (TPSA) is 52.0 Å². The number of benzene rings is 1. The van der Waals surface area contributed by atoms with Crippen LogP contribution < -0.4 is 11.5 Å². The van der Waals surface area contributed by atoms with Crippen molar-refractivity contribution in [2.75, 3.05) is 11.5 Å². The van der Waals surface area contributed by atoms with E-state index >= 15 is 0 Å². The maximum atomic E-state index is 13.6. The molecule has 0 aromatic heterocycles. The molecule has 5 heteroatoms. The van der Waals surface area contributed by atoms with Crippen LogP contribution in [-0.2, 0) is 0 Å². The summed E-state index contributed by atoms with van der Waals surface area (Å²) in [6.07, 6.45) is 0. The van der Waals surface area contributed by atoms with Crippen molar-refractivity contribution in [2.45, 2.75) is 19.6 Å². The Morgan fingerprint density at radius 3 is 2.25 bits per heavy atom. The summed E-state index contributed by atoms with van der Waals surface area (Å²) in [6, 6.07) is 0.993. The molecule has 2 nitrogen and oxygen atoms in total. The van der Waals surface area contributed by atoms with Gasteiger partial charge in [-0.25, -0.2) is 8.78 Å². The van der Waals surface area contributed by atoms with Crippen LogP contribution in [0.3, 0.4) is 0 Å². The third-order valence-electron chi connectivity index (χ3n) is 1.85. The van der Waals surface area contributed by atoms with Gasteiger partial charge in [0.15, 0.2) is 5.82 Å². The fourth-order valence-electron chi connectivity index (χ4n) is 1.02. The number of nitrogen functional groups attached to an aromatic ring is 2. The van der Waals surface area contributed by atoms with E-state index in [-0.39, 0.29) is 16.9 Å². The van der Waals surface area contributed by atoms with Gasteiger partial charge in [-0.1, -0.05) is 25.6 Å². The monoisotopic (exact) mass is 240 g/mol. The van der Waals surface area contributed by atoms with Crippen LogP contribution in [-0.4, -0.2) is 8.07 Å². The molecule has 16 heavy (non-hydrogen) atoms. The first-order valence-electron chi connectivity index (χ1n) is 4.78. The molecule has 1 rings (SSSR count). The van der Waals surface area contributed by atoms with Gasteiger partial charge in [0.1, 0.15) is 13.9 Å². The van der Waals surface area contributed by atoms with Gasteiger partial charge in [-0.3, -0.25) is 0 Å². The minimum Gasteiger partial charge on any atom is -0.397 e. The molecule has 0 aliphatic heterocycles. The van der Waals surface area contributed by atoms with Crippen molar-refractivity contribution in [3.63, 3.8) is 0 Å². The predicted octanol–water partition coefficient (Wildman–Crippen LogP) is 2.36. The van der Waals surface area contributed by atoms with E-state index in [0.29, 0.717) is 0 Å². The fourth-order valence-corrected chi connectivity index (χ4v) is 1.52. The van der Waals surface area contributed by atoms with Gasteiger partial charge in [-0.2, -0.15) is 0 Å². The van der Waals surface area contributed by atoms with E-state index in [9.17, 15) is 8.78 Å². The maximum absolute atomic E-state index is 13.6. The predicted molar refractivity (Wildman–Crippen MR) is 65.4 cm³/mol. The van der Waals surface area contributed by atoms with Crippen molar-refractivity contribution >= 4 is 19.4 Å². The summed E-state index contributed by atoms with van der Waals surface area (Å²) in [5.74, 6) is 0.875. The van der Waals surface area contributed by atoms with Crippen molar-refractivity contribution in [3.8, 4) is 11.5 Å². The zero-order chi connectivity index (χ0) is 12.5. The zero-order valence-corrected chi connectivity index (χ0v) is 10.5. The smallest absolute Gasteiger partial charge is 0.166 e. The molecular weight excluding hydrogens is 226 g/mol. The van der Waals surface area contributed by atoms with Gasteiger partial charge in [0.2, 0.25) is 0 Å². The molecule has 0 fully saturated rings. The standard InChI is InChI=1S/C11H14F2N2Si/c1-16(2,3)5-4-7-8(12)6-9(14)11(15)10(7)13/h6H,14-15H2,1-3H3. The summed E-state index contributed by atoms with van der Waals surface area (Å²) in [6.45, 7) is 5.95. The number of hydrogen-bond donors (Lipinski definition) is 2. The molecule has 0 aliphatic rings. The molecular formula is C11H14F2N2Si. The highest BCUT2D eigenvalue weighted by atomic mass is 28.3. The second kappa shape index (κ2) is 4.14. The van der Waals surface area contributed by atoms with Gasteiger partial charge in [0.05, 0.1) is 16.9 Å². The minimum absolute atomic E-state index is 0.103. The van der Waals surface area contributed by atoms with Crippen LogP contribution in [0.4, 0.5) is 20.2 Å². The summed E-state index contributed by atoms with van der Waals surface area (Å²) in [5, 5.41) is 0. The van der Waals surface area contributed by atoms with E-state index in [1.54, 1.807) is 0 Å². The molecule has 0 saturated heterocycles. The molecule has 0 heterocycles. The van der Waals surface area contributed by atoms with E-state index in [1.165, 1.54) is 0 Å². The molecule has 1 aromatic rings. The summed E-state index contributed by atoms with van der Waals surface area (Å²) in [5.41, 5.74) is 12.9.